The largest absolute Gasteiger partial charge is 0.508 e. The van der Waals surface area contributed by atoms with E-state index in [4.69, 9.17) is 0 Å². The molecule has 0 radical (unpaired) electrons. The van der Waals surface area contributed by atoms with Gasteiger partial charge in [-0.05, 0) is 48.3 Å². The number of hydrogen-bond acceptors (Lipinski definition) is 1. The molecule has 1 nitrogen and oxygen atoms in total. The maximum atomic E-state index is 9.80. The summed E-state index contributed by atoms with van der Waals surface area (Å²) in [5, 5.41) is 9.80. The van der Waals surface area contributed by atoms with E-state index >= 15 is 0 Å². The van der Waals surface area contributed by atoms with Crippen LogP contribution in [0, 0.1) is 5.92 Å². The second-order valence-electron chi connectivity index (χ2n) is 4.65. The number of phenols is 1. The molecule has 1 N–H and O–H groups in total. The molecule has 1 heteroatoms. The van der Waals surface area contributed by atoms with Crippen molar-refractivity contribution in [3.63, 3.8) is 0 Å². The summed E-state index contributed by atoms with van der Waals surface area (Å²) >= 11 is 0. The molecular weight excluding hydrogens is 172 g/mol. The molecule has 1 fully saturated rings. The molecule has 1 aromatic rings. The molecule has 0 saturated heterocycles. The van der Waals surface area contributed by atoms with Crippen molar-refractivity contribution in [1.29, 1.82) is 0 Å². The van der Waals surface area contributed by atoms with Crippen molar-refractivity contribution in [2.45, 2.75) is 39.0 Å². The van der Waals surface area contributed by atoms with Gasteiger partial charge >= 0.3 is 0 Å². The molecule has 2 rings (SSSR count). The van der Waals surface area contributed by atoms with Crippen LogP contribution in [-0.4, -0.2) is 5.11 Å². The van der Waals surface area contributed by atoms with Gasteiger partial charge in [0.15, 0.2) is 0 Å². The molecule has 0 heterocycles. The summed E-state index contributed by atoms with van der Waals surface area (Å²) in [6.45, 7) is 4.29. The third-order valence-electron chi connectivity index (χ3n) is 2.96. The Hall–Kier alpha value is -0.980. The highest BCUT2D eigenvalue weighted by atomic mass is 16.3. The normalized spacial score (nSPS) is 16.2. The van der Waals surface area contributed by atoms with E-state index in [9.17, 15) is 5.11 Å². The van der Waals surface area contributed by atoms with Crippen molar-refractivity contribution < 1.29 is 5.11 Å². The van der Waals surface area contributed by atoms with Crippen molar-refractivity contribution >= 4 is 0 Å². The number of phenolic OH excluding ortho intramolecular Hbond substituents is 1. The van der Waals surface area contributed by atoms with Crippen LogP contribution in [0.1, 0.15) is 43.7 Å². The van der Waals surface area contributed by atoms with E-state index in [1.54, 1.807) is 6.07 Å². The number of rotatable bonds is 3. The Labute approximate surface area is 85.8 Å². The summed E-state index contributed by atoms with van der Waals surface area (Å²) in [5.74, 6) is 1.78. The van der Waals surface area contributed by atoms with Gasteiger partial charge in [0, 0.05) is 0 Å². The maximum absolute atomic E-state index is 9.80. The maximum Gasteiger partial charge on any atom is 0.119 e. The Balaban J connectivity index is 2.30. The van der Waals surface area contributed by atoms with E-state index in [0.29, 0.717) is 11.7 Å². The van der Waals surface area contributed by atoms with Gasteiger partial charge in [0.2, 0.25) is 0 Å². The van der Waals surface area contributed by atoms with E-state index in [0.717, 1.165) is 17.9 Å². The molecule has 0 spiro atoms. The third kappa shape index (κ3) is 1.92. The summed E-state index contributed by atoms with van der Waals surface area (Å²) in [6.07, 6.45) is 3.89. The average molecular weight is 190 g/mol. The number of benzene rings is 1. The van der Waals surface area contributed by atoms with Crippen LogP contribution in [0.2, 0.25) is 0 Å². The fourth-order valence-corrected chi connectivity index (χ4v) is 2.08. The first kappa shape index (κ1) is 9.57. The molecule has 1 aromatic carbocycles. The minimum Gasteiger partial charge on any atom is -0.508 e. The van der Waals surface area contributed by atoms with Crippen LogP contribution in [0.25, 0.3) is 0 Å². The monoisotopic (exact) mass is 190 g/mol. The fraction of sp³-hybridized carbons (Fsp3) is 0.538. The van der Waals surface area contributed by atoms with Crippen LogP contribution in [-0.2, 0) is 6.42 Å². The molecule has 76 valence electrons. The number of aromatic hydroxyl groups is 1. The molecule has 0 atom stereocenters. The lowest BCUT2D eigenvalue weighted by atomic mass is 9.93. The Bertz CT molecular complexity index is 324. The molecule has 0 unspecified atom stereocenters. The molecule has 14 heavy (non-hydrogen) atoms. The van der Waals surface area contributed by atoms with Gasteiger partial charge < -0.3 is 5.11 Å². The summed E-state index contributed by atoms with van der Waals surface area (Å²) in [6, 6.07) is 5.91. The van der Waals surface area contributed by atoms with Gasteiger partial charge in [-0.3, -0.25) is 0 Å². The Kier molecular flexibility index (Phi) is 2.49. The quantitative estimate of drug-likeness (QED) is 0.773. The average Bonchev–Trinajstić information content (AvgIpc) is 2.87. The Morgan fingerprint density at radius 2 is 2.07 bits per heavy atom. The van der Waals surface area contributed by atoms with Crippen LogP contribution in [0.15, 0.2) is 18.2 Å². The minimum absolute atomic E-state index is 0.421. The van der Waals surface area contributed by atoms with E-state index in [-0.39, 0.29) is 0 Å². The van der Waals surface area contributed by atoms with Crippen molar-refractivity contribution in [3.8, 4) is 5.75 Å². The molecule has 1 saturated carbocycles. The summed E-state index contributed by atoms with van der Waals surface area (Å²) in [5.41, 5.74) is 2.50. The van der Waals surface area contributed by atoms with Gasteiger partial charge in [0.1, 0.15) is 5.75 Å². The number of hydrogen-bond donors (Lipinski definition) is 1. The fourth-order valence-electron chi connectivity index (χ4n) is 2.08. The zero-order valence-corrected chi connectivity index (χ0v) is 8.96. The van der Waals surface area contributed by atoms with Gasteiger partial charge in [0.25, 0.3) is 0 Å². The van der Waals surface area contributed by atoms with Gasteiger partial charge in [-0.1, -0.05) is 26.0 Å². The predicted molar refractivity (Wildman–Crippen MR) is 58.6 cm³/mol. The van der Waals surface area contributed by atoms with E-state index in [2.05, 4.69) is 19.9 Å². The zero-order valence-electron chi connectivity index (χ0n) is 8.96. The minimum atomic E-state index is 0.421. The molecular formula is C13H18O. The summed E-state index contributed by atoms with van der Waals surface area (Å²) in [7, 11) is 0. The highest BCUT2D eigenvalue weighted by molar-refractivity contribution is 5.41. The third-order valence-corrected chi connectivity index (χ3v) is 2.96. The van der Waals surface area contributed by atoms with Gasteiger partial charge in [-0.25, -0.2) is 0 Å². The van der Waals surface area contributed by atoms with E-state index in [1.165, 1.54) is 18.4 Å². The second kappa shape index (κ2) is 3.64. The van der Waals surface area contributed by atoms with Crippen molar-refractivity contribution in [1.82, 2.24) is 0 Å². The van der Waals surface area contributed by atoms with Crippen molar-refractivity contribution in [3.05, 3.63) is 29.3 Å². The van der Waals surface area contributed by atoms with Crippen molar-refractivity contribution in [2.75, 3.05) is 0 Å². The smallest absolute Gasteiger partial charge is 0.119 e. The van der Waals surface area contributed by atoms with Gasteiger partial charge in [-0.15, -0.1) is 0 Å². The first-order valence-corrected chi connectivity index (χ1v) is 5.49. The standard InChI is InChI=1S/C13H18O/c1-9(2)13-11(8-10-6-7-10)4-3-5-12(13)14/h3-5,9-10,14H,6-8H2,1-2H3. The van der Waals surface area contributed by atoms with Crippen LogP contribution < -0.4 is 0 Å². The van der Waals surface area contributed by atoms with Crippen molar-refractivity contribution in [2.24, 2.45) is 5.92 Å². The molecule has 0 aliphatic heterocycles. The SMILES string of the molecule is CC(C)c1c(O)cccc1CC1CC1. The summed E-state index contributed by atoms with van der Waals surface area (Å²) < 4.78 is 0. The lowest BCUT2D eigenvalue weighted by molar-refractivity contribution is 0.463. The first-order chi connectivity index (χ1) is 6.68. The van der Waals surface area contributed by atoms with Crippen LogP contribution in [0.4, 0.5) is 0 Å². The summed E-state index contributed by atoms with van der Waals surface area (Å²) in [4.78, 5) is 0. The van der Waals surface area contributed by atoms with E-state index < -0.39 is 0 Å². The molecule has 0 aromatic heterocycles. The topological polar surface area (TPSA) is 20.2 Å². The van der Waals surface area contributed by atoms with Crippen LogP contribution in [0.3, 0.4) is 0 Å². The molecule has 1 aliphatic carbocycles. The van der Waals surface area contributed by atoms with Crippen LogP contribution in [0.5, 0.6) is 5.75 Å². The predicted octanol–water partition coefficient (Wildman–Crippen LogP) is 3.47. The Morgan fingerprint density at radius 3 is 2.64 bits per heavy atom. The Morgan fingerprint density at radius 1 is 1.36 bits per heavy atom. The first-order valence-electron chi connectivity index (χ1n) is 5.49. The molecule has 1 aliphatic rings. The second-order valence-corrected chi connectivity index (χ2v) is 4.65. The lowest BCUT2D eigenvalue weighted by Crippen LogP contribution is -1.98. The highest BCUT2D eigenvalue weighted by Crippen LogP contribution is 2.37. The zero-order chi connectivity index (χ0) is 10.1. The van der Waals surface area contributed by atoms with E-state index in [1.807, 2.05) is 6.07 Å². The lowest BCUT2D eigenvalue weighted by Gasteiger charge is -2.14. The van der Waals surface area contributed by atoms with Crippen LogP contribution >= 0.6 is 0 Å². The molecule has 0 bridgehead atoms. The van der Waals surface area contributed by atoms with Gasteiger partial charge in [-0.2, -0.15) is 0 Å². The molecule has 0 amide bonds. The van der Waals surface area contributed by atoms with Gasteiger partial charge in [0.05, 0.1) is 0 Å². The highest BCUT2D eigenvalue weighted by Gasteiger charge is 2.23.